The van der Waals surface area contributed by atoms with Gasteiger partial charge < -0.3 is 20.9 Å². The van der Waals surface area contributed by atoms with Gasteiger partial charge in [-0.1, -0.05) is 41.5 Å². The number of ether oxygens (including phenoxy) is 2. The van der Waals surface area contributed by atoms with Crippen molar-refractivity contribution in [2.45, 2.75) is 66.8 Å². The molecule has 0 amide bonds. The normalized spacial score (nSPS) is 16.7. The van der Waals surface area contributed by atoms with Crippen molar-refractivity contribution in [2.24, 2.45) is 22.3 Å². The molecular formula is C14H32N2O2. The summed E-state index contributed by atoms with van der Waals surface area (Å²) >= 11 is 0. The van der Waals surface area contributed by atoms with Crippen molar-refractivity contribution < 1.29 is 9.47 Å². The highest BCUT2D eigenvalue weighted by Crippen LogP contribution is 2.21. The number of hydrogen-bond acceptors (Lipinski definition) is 4. The van der Waals surface area contributed by atoms with Crippen LogP contribution in [-0.4, -0.2) is 25.7 Å². The molecule has 0 heterocycles. The van der Waals surface area contributed by atoms with Gasteiger partial charge >= 0.3 is 0 Å². The van der Waals surface area contributed by atoms with E-state index in [1.54, 1.807) is 0 Å². The SMILES string of the molecule is CC(C)(C)CC(N)OCCOC(N)CC(C)(C)C. The van der Waals surface area contributed by atoms with Gasteiger partial charge in [-0.15, -0.1) is 0 Å². The monoisotopic (exact) mass is 260 g/mol. The van der Waals surface area contributed by atoms with Crippen LogP contribution in [0.15, 0.2) is 0 Å². The summed E-state index contributed by atoms with van der Waals surface area (Å²) in [6, 6.07) is 0. The van der Waals surface area contributed by atoms with Gasteiger partial charge in [-0.05, 0) is 23.7 Å². The van der Waals surface area contributed by atoms with Gasteiger partial charge in [0, 0.05) is 0 Å². The van der Waals surface area contributed by atoms with Gasteiger partial charge in [-0.3, -0.25) is 0 Å². The molecule has 0 radical (unpaired) electrons. The van der Waals surface area contributed by atoms with Gasteiger partial charge in [-0.2, -0.15) is 0 Å². The zero-order valence-corrected chi connectivity index (χ0v) is 13.0. The fourth-order valence-corrected chi connectivity index (χ4v) is 1.72. The first-order valence-electron chi connectivity index (χ1n) is 6.74. The van der Waals surface area contributed by atoms with Crippen LogP contribution < -0.4 is 11.5 Å². The Kier molecular flexibility index (Phi) is 7.37. The Balaban J connectivity index is 3.62. The molecule has 0 spiro atoms. The lowest BCUT2D eigenvalue weighted by atomic mass is 9.91. The summed E-state index contributed by atoms with van der Waals surface area (Å²) < 4.78 is 11.0. The van der Waals surface area contributed by atoms with E-state index in [0.29, 0.717) is 13.2 Å². The Bertz CT molecular complexity index is 195. The lowest BCUT2D eigenvalue weighted by molar-refractivity contribution is -0.0377. The largest absolute Gasteiger partial charge is 0.361 e. The second-order valence-corrected chi connectivity index (χ2v) is 7.35. The lowest BCUT2D eigenvalue weighted by Gasteiger charge is -2.25. The average molecular weight is 260 g/mol. The minimum Gasteiger partial charge on any atom is -0.361 e. The molecule has 110 valence electrons. The molecule has 0 aliphatic carbocycles. The minimum atomic E-state index is -0.229. The molecule has 18 heavy (non-hydrogen) atoms. The van der Waals surface area contributed by atoms with E-state index in [1.807, 2.05) is 0 Å². The second kappa shape index (κ2) is 7.43. The van der Waals surface area contributed by atoms with Crippen molar-refractivity contribution in [2.75, 3.05) is 13.2 Å². The summed E-state index contributed by atoms with van der Waals surface area (Å²) in [5, 5.41) is 0. The van der Waals surface area contributed by atoms with Crippen LogP contribution in [0.1, 0.15) is 54.4 Å². The van der Waals surface area contributed by atoms with Crippen molar-refractivity contribution >= 4 is 0 Å². The molecule has 2 unspecified atom stereocenters. The topological polar surface area (TPSA) is 70.5 Å². The summed E-state index contributed by atoms with van der Waals surface area (Å²) in [4.78, 5) is 0. The fourth-order valence-electron chi connectivity index (χ4n) is 1.72. The van der Waals surface area contributed by atoms with E-state index in [4.69, 9.17) is 20.9 Å². The van der Waals surface area contributed by atoms with Crippen molar-refractivity contribution in [3.63, 3.8) is 0 Å². The van der Waals surface area contributed by atoms with E-state index in [2.05, 4.69) is 41.5 Å². The predicted molar refractivity (Wildman–Crippen MR) is 76.0 cm³/mol. The van der Waals surface area contributed by atoms with Crippen molar-refractivity contribution in [1.29, 1.82) is 0 Å². The second-order valence-electron chi connectivity index (χ2n) is 7.35. The van der Waals surface area contributed by atoms with E-state index in [-0.39, 0.29) is 23.3 Å². The maximum Gasteiger partial charge on any atom is 0.106 e. The van der Waals surface area contributed by atoms with Crippen LogP contribution >= 0.6 is 0 Å². The third-order valence-corrected chi connectivity index (χ3v) is 2.37. The summed E-state index contributed by atoms with van der Waals surface area (Å²) in [5.41, 5.74) is 12.1. The Morgan fingerprint density at radius 2 is 1.00 bits per heavy atom. The van der Waals surface area contributed by atoms with E-state index in [1.165, 1.54) is 0 Å². The van der Waals surface area contributed by atoms with Crippen LogP contribution in [0.5, 0.6) is 0 Å². The van der Waals surface area contributed by atoms with Gasteiger partial charge in [-0.25, -0.2) is 0 Å². The first kappa shape index (κ1) is 17.8. The smallest absolute Gasteiger partial charge is 0.106 e. The molecule has 0 saturated heterocycles. The zero-order valence-electron chi connectivity index (χ0n) is 13.0. The van der Waals surface area contributed by atoms with Crippen LogP contribution in [0.3, 0.4) is 0 Å². The number of nitrogens with two attached hydrogens (primary N) is 2. The molecule has 4 heteroatoms. The van der Waals surface area contributed by atoms with E-state index in [9.17, 15) is 0 Å². The zero-order chi connectivity index (χ0) is 14.4. The molecule has 0 aromatic carbocycles. The van der Waals surface area contributed by atoms with Crippen LogP contribution in [-0.2, 0) is 9.47 Å². The maximum atomic E-state index is 5.87. The van der Waals surface area contributed by atoms with Crippen LogP contribution in [0, 0.1) is 10.8 Å². The molecule has 2 atom stereocenters. The molecule has 0 saturated carbocycles. The van der Waals surface area contributed by atoms with E-state index in [0.717, 1.165) is 12.8 Å². The Hall–Kier alpha value is -0.160. The van der Waals surface area contributed by atoms with Crippen molar-refractivity contribution in [3.8, 4) is 0 Å². The summed E-state index contributed by atoms with van der Waals surface area (Å²) in [7, 11) is 0. The van der Waals surface area contributed by atoms with Crippen LogP contribution in [0.25, 0.3) is 0 Å². The Labute approximate surface area is 112 Å². The highest BCUT2D eigenvalue weighted by Gasteiger charge is 2.17. The Morgan fingerprint density at radius 1 is 0.722 bits per heavy atom. The van der Waals surface area contributed by atoms with Gasteiger partial charge in [0.05, 0.1) is 13.2 Å². The molecule has 4 N–H and O–H groups in total. The molecule has 0 aliphatic rings. The third kappa shape index (κ3) is 12.3. The number of rotatable bonds is 7. The molecule has 0 aromatic rings. The van der Waals surface area contributed by atoms with Gasteiger partial charge in [0.1, 0.15) is 12.5 Å². The van der Waals surface area contributed by atoms with Gasteiger partial charge in [0.15, 0.2) is 0 Å². The molecule has 0 aliphatic heterocycles. The van der Waals surface area contributed by atoms with Crippen molar-refractivity contribution in [3.05, 3.63) is 0 Å². The van der Waals surface area contributed by atoms with Gasteiger partial charge in [0.25, 0.3) is 0 Å². The number of hydrogen-bond donors (Lipinski definition) is 2. The molecule has 0 fully saturated rings. The first-order valence-corrected chi connectivity index (χ1v) is 6.74. The van der Waals surface area contributed by atoms with Crippen LogP contribution in [0.4, 0.5) is 0 Å². The lowest BCUT2D eigenvalue weighted by Crippen LogP contribution is -2.33. The fraction of sp³-hybridized carbons (Fsp3) is 1.00. The molecule has 0 rings (SSSR count). The molecular weight excluding hydrogens is 228 g/mol. The van der Waals surface area contributed by atoms with E-state index >= 15 is 0 Å². The predicted octanol–water partition coefficient (Wildman–Crippen LogP) is 2.46. The van der Waals surface area contributed by atoms with Crippen molar-refractivity contribution in [1.82, 2.24) is 0 Å². The summed E-state index contributed by atoms with van der Waals surface area (Å²) in [6.07, 6.45) is 1.21. The molecule has 0 aromatic heterocycles. The first-order chi connectivity index (χ1) is 7.99. The quantitative estimate of drug-likeness (QED) is 0.545. The van der Waals surface area contributed by atoms with Crippen LogP contribution in [0.2, 0.25) is 0 Å². The Morgan fingerprint density at radius 3 is 1.22 bits per heavy atom. The van der Waals surface area contributed by atoms with E-state index < -0.39 is 0 Å². The maximum absolute atomic E-state index is 5.87. The molecule has 4 nitrogen and oxygen atoms in total. The average Bonchev–Trinajstić information content (AvgIpc) is 2.06. The standard InChI is InChI=1S/C14H32N2O2/c1-13(2,3)9-11(15)17-7-8-18-12(16)10-14(4,5)6/h11-12H,7-10,15-16H2,1-6H3. The molecule has 0 bridgehead atoms. The highest BCUT2D eigenvalue weighted by molar-refractivity contribution is 4.66. The minimum absolute atomic E-state index is 0.183. The third-order valence-electron chi connectivity index (χ3n) is 2.37. The summed E-state index contributed by atoms with van der Waals surface area (Å²) in [6.45, 7) is 13.9. The van der Waals surface area contributed by atoms with Gasteiger partial charge in [0.2, 0.25) is 0 Å². The summed E-state index contributed by atoms with van der Waals surface area (Å²) in [5.74, 6) is 0. The highest BCUT2D eigenvalue weighted by atomic mass is 16.5.